The number of rotatable bonds is 36. The Labute approximate surface area is 630 Å². The number of morpholine rings is 6. The molecule has 6 fully saturated rings. The summed E-state index contributed by atoms with van der Waals surface area (Å²) in [6, 6.07) is 19.9. The summed E-state index contributed by atoms with van der Waals surface area (Å²) in [6.07, 6.45) is 5.68. The third-order valence-corrected chi connectivity index (χ3v) is 20.4. The van der Waals surface area contributed by atoms with Crippen LogP contribution in [0, 0.1) is 5.92 Å². The third kappa shape index (κ3) is 24.7. The van der Waals surface area contributed by atoms with Gasteiger partial charge >= 0.3 is 29.8 Å². The van der Waals surface area contributed by atoms with Crippen LogP contribution in [0.25, 0.3) is 0 Å². The number of hydrogen-bond donors (Lipinski definition) is 0. The largest absolute Gasteiger partial charge is 0.458 e. The van der Waals surface area contributed by atoms with Crippen molar-refractivity contribution in [3.05, 3.63) is 178 Å². The summed E-state index contributed by atoms with van der Waals surface area (Å²) in [5.41, 5.74) is 4.41. The molecule has 29 heteroatoms. The fourth-order valence-electron chi connectivity index (χ4n) is 13.5. The van der Waals surface area contributed by atoms with Crippen LogP contribution >= 0.6 is 0 Å². The molecule has 0 saturated carbocycles. The third-order valence-electron chi connectivity index (χ3n) is 20.4. The summed E-state index contributed by atoms with van der Waals surface area (Å²) < 4.78 is 65.6. The molecular weight excluding hydrogens is 1390 g/mol. The molecule has 6 aliphatic rings. The zero-order valence-corrected chi connectivity index (χ0v) is 61.6. The van der Waals surface area contributed by atoms with Gasteiger partial charge in [0.1, 0.15) is 25.4 Å². The number of hydrogen-bond acceptors (Lipinski definition) is 29. The van der Waals surface area contributed by atoms with E-state index < -0.39 is 79.5 Å². The molecule has 0 amide bonds. The van der Waals surface area contributed by atoms with Gasteiger partial charge in [-0.05, 0) is 72.8 Å². The highest BCUT2D eigenvalue weighted by molar-refractivity contribution is 5.96. The Morgan fingerprint density at radius 3 is 0.787 bits per heavy atom. The van der Waals surface area contributed by atoms with Crippen molar-refractivity contribution in [1.82, 2.24) is 59.3 Å². The highest BCUT2D eigenvalue weighted by atomic mass is 16.6. The minimum Gasteiger partial charge on any atom is -0.458 e. The van der Waals surface area contributed by atoms with Gasteiger partial charge in [-0.25, -0.2) is 24.0 Å². The first-order valence-electron chi connectivity index (χ1n) is 38.0. The topological polar surface area (TPSA) is 301 Å². The summed E-state index contributed by atoms with van der Waals surface area (Å²) in [5.74, 6) is -6.93. The average Bonchev–Trinajstić information content (AvgIpc) is 0.868. The number of pyridine rings is 6. The van der Waals surface area contributed by atoms with Crippen molar-refractivity contribution < 1.29 is 80.9 Å². The lowest BCUT2D eigenvalue weighted by Gasteiger charge is -2.36. The Morgan fingerprint density at radius 1 is 0.296 bits per heavy atom. The van der Waals surface area contributed by atoms with E-state index in [0.29, 0.717) is 167 Å². The summed E-state index contributed by atoms with van der Waals surface area (Å²) in [5, 5.41) is 0. The molecule has 0 unspecified atom stereocenters. The summed E-state index contributed by atoms with van der Waals surface area (Å²) >= 11 is 0. The number of esters is 5. The summed E-state index contributed by atoms with van der Waals surface area (Å²) in [6.45, 7) is 19.5. The van der Waals surface area contributed by atoms with Gasteiger partial charge in [0.05, 0.1) is 107 Å². The lowest BCUT2D eigenvalue weighted by molar-refractivity contribution is -0.105. The van der Waals surface area contributed by atoms with E-state index in [0.717, 1.165) is 103 Å². The molecule has 6 aliphatic heterocycles. The van der Waals surface area contributed by atoms with E-state index in [-0.39, 0.29) is 33.4 Å². The zero-order valence-electron chi connectivity index (χ0n) is 61.6. The number of ketones is 1. The number of carbonyl (C=O) groups is 6. The maximum Gasteiger partial charge on any atom is 0.340 e. The fourth-order valence-corrected chi connectivity index (χ4v) is 13.5. The van der Waals surface area contributed by atoms with Crippen LogP contribution in [0.2, 0.25) is 0 Å². The van der Waals surface area contributed by atoms with Gasteiger partial charge in [-0.3, -0.25) is 64.1 Å². The molecule has 29 nitrogen and oxygen atoms in total. The zero-order chi connectivity index (χ0) is 74.5. The first-order chi connectivity index (χ1) is 53.0. The Kier molecular flexibility index (Phi) is 30.6. The minimum absolute atomic E-state index is 0.00730. The number of nitrogens with zero attached hydrogens (tertiary/aromatic N) is 12. The molecule has 12 rings (SSSR count). The van der Waals surface area contributed by atoms with Gasteiger partial charge in [0.25, 0.3) is 0 Å². The van der Waals surface area contributed by atoms with Crippen LogP contribution in [0.5, 0.6) is 0 Å². The molecule has 6 saturated heterocycles. The molecule has 0 aliphatic carbocycles. The SMILES string of the molecule is O=C(C[C@@H]([C@H](OC(=O)c1ccc(CCN2CCOCC2)nc1)[C@@H](COC(=O)c1ccc(CCN2CCOCC2)nc1)OC(=O)c1ccc(CCN2CCOCC2)nc1)[C@H](COC(=O)c1ccc(CCN2CCOCC2)nc1)OC(=O)c1ccc(CCN2CCOCC2)nc1)c1ccc(CCN2CCOCC2)nc1. The molecule has 6 aromatic heterocycles. The molecule has 4 atom stereocenters. The molecular formula is C79H100N12O17. The van der Waals surface area contributed by atoms with Gasteiger partial charge in [-0.2, -0.15) is 0 Å². The van der Waals surface area contributed by atoms with Crippen molar-refractivity contribution >= 4 is 35.6 Å². The average molecular weight is 1490 g/mol. The summed E-state index contributed by atoms with van der Waals surface area (Å²) in [7, 11) is 0. The van der Waals surface area contributed by atoms with Gasteiger partial charge in [-0.15, -0.1) is 0 Å². The predicted octanol–water partition coefficient (Wildman–Crippen LogP) is 3.88. The van der Waals surface area contributed by atoms with Gasteiger partial charge in [0.2, 0.25) is 0 Å². The van der Waals surface area contributed by atoms with Crippen molar-refractivity contribution in [3.63, 3.8) is 0 Å². The Hall–Kier alpha value is -8.56. The number of aromatic nitrogens is 6. The van der Waals surface area contributed by atoms with Crippen LogP contribution in [-0.2, 0) is 90.6 Å². The normalized spacial score (nSPS) is 18.6. The smallest absolute Gasteiger partial charge is 0.340 e. The predicted molar refractivity (Wildman–Crippen MR) is 392 cm³/mol. The second-order valence-electron chi connectivity index (χ2n) is 27.7. The lowest BCUT2D eigenvalue weighted by atomic mass is 9.86. The van der Waals surface area contributed by atoms with Crippen LogP contribution in [0.15, 0.2) is 110 Å². The molecule has 0 aromatic carbocycles. The second-order valence-corrected chi connectivity index (χ2v) is 27.7. The van der Waals surface area contributed by atoms with Gasteiger partial charge < -0.3 is 52.1 Å². The van der Waals surface area contributed by atoms with E-state index in [9.17, 15) is 9.59 Å². The molecule has 0 spiro atoms. The van der Waals surface area contributed by atoms with E-state index in [1.165, 1.54) is 37.2 Å². The van der Waals surface area contributed by atoms with Gasteiger partial charge in [0.15, 0.2) is 11.9 Å². The first kappa shape index (κ1) is 79.0. The lowest BCUT2D eigenvalue weighted by Crippen LogP contribution is -2.50. The van der Waals surface area contributed by atoms with Crippen LogP contribution in [-0.4, -0.2) is 324 Å². The standard InChI is InChI=1S/C79H100N12O17/c92-71(58-1-7-64(80-50-58)13-19-86-25-37-98-38-26-86)49-70(72(106-77(95)61-4-10-67(83-53-61)16-22-89-31-43-101-44-32-89)56-104-75(93)59-2-8-65(81-51-59)14-20-87-27-39-99-40-28-87)74(108-79(97)63-6-12-69(85-55-63)18-24-91-35-47-103-48-36-91)73(107-78(96)62-5-11-68(84-54-62)17-23-90-33-45-102-46-34-90)57-105-76(94)60-3-9-66(82-52-60)15-21-88-29-41-100-42-30-88/h1-12,50-55,70,72-74H,13-49,56-57H2/t70-,72+,73-,74+/m1/s1. The van der Waals surface area contributed by atoms with Crippen molar-refractivity contribution in [3.8, 4) is 0 Å². The number of ether oxygens (including phenoxy) is 11. The van der Waals surface area contributed by atoms with Gasteiger partial charge in [-0.1, -0.05) is 0 Å². The van der Waals surface area contributed by atoms with Crippen molar-refractivity contribution in [2.75, 3.05) is 210 Å². The molecule has 0 N–H and O–H groups in total. The minimum atomic E-state index is -1.91. The van der Waals surface area contributed by atoms with Crippen LogP contribution < -0.4 is 0 Å². The van der Waals surface area contributed by atoms with Crippen molar-refractivity contribution in [2.45, 2.75) is 63.3 Å². The quantitative estimate of drug-likeness (QED) is 0.0306. The Morgan fingerprint density at radius 2 is 0.528 bits per heavy atom. The van der Waals surface area contributed by atoms with E-state index in [1.54, 1.807) is 72.8 Å². The molecule has 578 valence electrons. The van der Waals surface area contributed by atoms with Gasteiger partial charge in [0, 0.05) is 246 Å². The Bertz CT molecular complexity index is 3530. The van der Waals surface area contributed by atoms with Crippen LogP contribution in [0.4, 0.5) is 0 Å². The molecule has 0 bridgehead atoms. The maximum absolute atomic E-state index is 15.6. The van der Waals surface area contributed by atoms with E-state index in [1.807, 2.05) is 0 Å². The van der Waals surface area contributed by atoms with Crippen LogP contribution in [0.1, 0.15) is 103 Å². The second kappa shape index (κ2) is 41.9. The highest BCUT2D eigenvalue weighted by Gasteiger charge is 2.45. The molecule has 108 heavy (non-hydrogen) atoms. The molecule has 0 radical (unpaired) electrons. The first-order valence-corrected chi connectivity index (χ1v) is 38.0. The number of Topliss-reactive ketones (excluding diaryl/α,β-unsaturated/α-hetero) is 1. The number of carbonyl (C=O) groups excluding carboxylic acids is 6. The highest BCUT2D eigenvalue weighted by Crippen LogP contribution is 2.31. The molecule has 6 aromatic rings. The van der Waals surface area contributed by atoms with E-state index in [4.69, 9.17) is 57.1 Å². The Balaban J connectivity index is 0.913. The van der Waals surface area contributed by atoms with Crippen molar-refractivity contribution in [1.29, 1.82) is 0 Å². The molecule has 12 heterocycles. The monoisotopic (exact) mass is 1490 g/mol. The fraction of sp³-hybridized carbons (Fsp3) is 0.544. The summed E-state index contributed by atoms with van der Waals surface area (Å²) in [4.78, 5) is 132. The maximum atomic E-state index is 15.6. The van der Waals surface area contributed by atoms with E-state index >= 15 is 19.2 Å². The van der Waals surface area contributed by atoms with Crippen molar-refractivity contribution in [2.24, 2.45) is 5.92 Å². The van der Waals surface area contributed by atoms with E-state index in [2.05, 4.69) is 54.3 Å². The van der Waals surface area contributed by atoms with Crippen LogP contribution in [0.3, 0.4) is 0 Å².